The number of nitrogens with two attached hydrogens (primary N) is 1. The van der Waals surface area contributed by atoms with Crippen molar-refractivity contribution in [2.24, 2.45) is 12.8 Å². The number of urea groups is 1. The Labute approximate surface area is 198 Å². The van der Waals surface area contributed by atoms with Crippen molar-refractivity contribution in [1.82, 2.24) is 25.1 Å². The lowest BCUT2D eigenvalue weighted by molar-refractivity contribution is -0.137. The zero-order chi connectivity index (χ0) is 24.9. The number of nitrogens with one attached hydrogen (secondary N) is 1. The van der Waals surface area contributed by atoms with Gasteiger partial charge in [-0.2, -0.15) is 18.3 Å². The third kappa shape index (κ3) is 6.66. The number of pyridine rings is 1. The number of halogens is 5. The minimum atomic E-state index is -4.67. The SMILES string of the molecule is Cn1ncnc1C(c1cc(F)cc(C(F)(F)F)c1)c1ccc(Cl)cn1.NC(=O)NC1CCCC1. The van der Waals surface area contributed by atoms with Crippen LogP contribution < -0.4 is 11.1 Å². The van der Waals surface area contributed by atoms with Crippen molar-refractivity contribution in [2.45, 2.75) is 43.8 Å². The Kier molecular flexibility index (Phi) is 8.08. The summed E-state index contributed by atoms with van der Waals surface area (Å²) in [4.78, 5) is 18.5. The van der Waals surface area contributed by atoms with Crippen LogP contribution in [0.25, 0.3) is 0 Å². The molecule has 0 saturated heterocycles. The fourth-order valence-electron chi connectivity index (χ4n) is 3.79. The molecule has 0 radical (unpaired) electrons. The van der Waals surface area contributed by atoms with Gasteiger partial charge in [0.25, 0.3) is 0 Å². The lowest BCUT2D eigenvalue weighted by Crippen LogP contribution is -2.36. The lowest BCUT2D eigenvalue weighted by atomic mass is 9.92. The molecule has 1 aliphatic rings. The molecule has 1 aromatic carbocycles. The molecule has 1 fully saturated rings. The number of nitrogens with zero attached hydrogens (tertiary/aromatic N) is 4. The average Bonchev–Trinajstić information content (AvgIpc) is 3.41. The Morgan fingerprint density at radius 3 is 2.44 bits per heavy atom. The zero-order valence-electron chi connectivity index (χ0n) is 18.2. The summed E-state index contributed by atoms with van der Waals surface area (Å²) < 4.78 is 54.4. The first-order valence-corrected chi connectivity index (χ1v) is 10.8. The van der Waals surface area contributed by atoms with Crippen LogP contribution in [0.3, 0.4) is 0 Å². The summed E-state index contributed by atoms with van der Waals surface area (Å²) in [7, 11) is 1.59. The van der Waals surface area contributed by atoms with Crippen molar-refractivity contribution in [1.29, 1.82) is 0 Å². The fourth-order valence-corrected chi connectivity index (χ4v) is 3.90. The summed E-state index contributed by atoms with van der Waals surface area (Å²) in [6.45, 7) is 0. The molecular formula is C22H23ClF4N6O. The van der Waals surface area contributed by atoms with Crippen LogP contribution in [0.4, 0.5) is 22.4 Å². The van der Waals surface area contributed by atoms with Crippen LogP contribution in [-0.2, 0) is 13.2 Å². The maximum absolute atomic E-state index is 13.9. The van der Waals surface area contributed by atoms with Crippen molar-refractivity contribution in [3.63, 3.8) is 0 Å². The van der Waals surface area contributed by atoms with E-state index in [1.54, 1.807) is 19.2 Å². The van der Waals surface area contributed by atoms with E-state index in [-0.39, 0.29) is 11.6 Å². The molecule has 3 N–H and O–H groups in total. The summed E-state index contributed by atoms with van der Waals surface area (Å²) in [6, 6.07) is 5.46. The normalized spacial score (nSPS) is 14.9. The topological polar surface area (TPSA) is 98.7 Å². The molecule has 2 aromatic heterocycles. The van der Waals surface area contributed by atoms with Gasteiger partial charge >= 0.3 is 12.2 Å². The Morgan fingerprint density at radius 1 is 1.21 bits per heavy atom. The molecule has 182 valence electrons. The highest BCUT2D eigenvalue weighted by atomic mass is 35.5. The predicted molar refractivity (Wildman–Crippen MR) is 118 cm³/mol. The predicted octanol–water partition coefficient (Wildman–Crippen LogP) is 4.80. The summed E-state index contributed by atoms with van der Waals surface area (Å²) in [5.41, 5.74) is 4.28. The van der Waals surface area contributed by atoms with Gasteiger partial charge in [-0.25, -0.2) is 14.2 Å². The second-order valence-electron chi connectivity index (χ2n) is 7.84. The fraction of sp³-hybridized carbons (Fsp3) is 0.364. The van der Waals surface area contributed by atoms with Crippen molar-refractivity contribution < 1.29 is 22.4 Å². The highest BCUT2D eigenvalue weighted by Gasteiger charge is 2.33. The minimum Gasteiger partial charge on any atom is -0.352 e. The van der Waals surface area contributed by atoms with Crippen molar-refractivity contribution in [3.05, 3.63) is 76.3 Å². The van der Waals surface area contributed by atoms with E-state index in [2.05, 4.69) is 20.4 Å². The van der Waals surface area contributed by atoms with Gasteiger partial charge in [-0.3, -0.25) is 9.67 Å². The molecule has 0 spiro atoms. The van der Waals surface area contributed by atoms with E-state index < -0.39 is 23.5 Å². The van der Waals surface area contributed by atoms with Gasteiger partial charge < -0.3 is 11.1 Å². The van der Waals surface area contributed by atoms with Crippen LogP contribution in [0, 0.1) is 5.82 Å². The largest absolute Gasteiger partial charge is 0.416 e. The first kappa shape index (κ1) is 25.4. The van der Waals surface area contributed by atoms with Gasteiger partial charge in [-0.15, -0.1) is 0 Å². The number of hydrogen-bond acceptors (Lipinski definition) is 4. The van der Waals surface area contributed by atoms with Gasteiger partial charge in [0.15, 0.2) is 0 Å². The second kappa shape index (κ2) is 10.8. The van der Waals surface area contributed by atoms with Gasteiger partial charge in [0.2, 0.25) is 0 Å². The number of alkyl halides is 3. The van der Waals surface area contributed by atoms with E-state index in [0.29, 0.717) is 28.6 Å². The van der Waals surface area contributed by atoms with Crippen molar-refractivity contribution >= 4 is 17.6 Å². The molecule has 1 saturated carbocycles. The molecule has 1 aliphatic carbocycles. The Morgan fingerprint density at radius 2 is 1.91 bits per heavy atom. The third-order valence-electron chi connectivity index (χ3n) is 5.33. The number of amides is 2. The van der Waals surface area contributed by atoms with Crippen LogP contribution in [0.5, 0.6) is 0 Å². The Bertz CT molecular complexity index is 1110. The van der Waals surface area contributed by atoms with Crippen LogP contribution in [0.2, 0.25) is 5.02 Å². The highest BCUT2D eigenvalue weighted by molar-refractivity contribution is 6.30. The molecule has 34 heavy (non-hydrogen) atoms. The number of aromatic nitrogens is 4. The molecule has 1 unspecified atom stereocenters. The van der Waals surface area contributed by atoms with E-state index in [0.717, 1.165) is 25.0 Å². The molecule has 4 rings (SSSR count). The van der Waals surface area contributed by atoms with Crippen LogP contribution in [0.15, 0.2) is 42.9 Å². The molecule has 0 bridgehead atoms. The number of hydrogen-bond donors (Lipinski definition) is 2. The summed E-state index contributed by atoms with van der Waals surface area (Å²) >= 11 is 5.82. The van der Waals surface area contributed by atoms with Crippen LogP contribution >= 0.6 is 11.6 Å². The first-order valence-electron chi connectivity index (χ1n) is 10.4. The van der Waals surface area contributed by atoms with Crippen molar-refractivity contribution in [3.8, 4) is 0 Å². The van der Waals surface area contributed by atoms with Crippen LogP contribution in [0.1, 0.15) is 54.2 Å². The summed E-state index contributed by atoms with van der Waals surface area (Å²) in [6.07, 6.45) is 2.61. The van der Waals surface area contributed by atoms with Gasteiger partial charge in [0.1, 0.15) is 18.0 Å². The highest BCUT2D eigenvalue weighted by Crippen LogP contribution is 2.35. The third-order valence-corrected chi connectivity index (χ3v) is 5.56. The molecular weight excluding hydrogens is 476 g/mol. The van der Waals surface area contributed by atoms with E-state index >= 15 is 0 Å². The zero-order valence-corrected chi connectivity index (χ0v) is 18.9. The maximum Gasteiger partial charge on any atom is 0.416 e. The van der Waals surface area contributed by atoms with E-state index in [4.69, 9.17) is 17.3 Å². The number of carbonyl (C=O) groups excluding carboxylic acids is 1. The summed E-state index contributed by atoms with van der Waals surface area (Å²) in [5, 5.41) is 6.99. The maximum atomic E-state index is 13.9. The first-order chi connectivity index (χ1) is 16.0. The average molecular weight is 499 g/mol. The number of rotatable bonds is 4. The monoisotopic (exact) mass is 498 g/mol. The Hall–Kier alpha value is -3.21. The van der Waals surface area contributed by atoms with Crippen LogP contribution in [-0.4, -0.2) is 31.8 Å². The quantitative estimate of drug-likeness (QED) is 0.505. The lowest BCUT2D eigenvalue weighted by Gasteiger charge is -2.18. The molecule has 7 nitrogen and oxygen atoms in total. The number of carbonyl (C=O) groups is 1. The molecule has 0 aliphatic heterocycles. The van der Waals surface area contributed by atoms with E-state index in [1.807, 2.05) is 0 Å². The Balaban J connectivity index is 0.000000302. The molecule has 3 aromatic rings. The number of aryl methyl sites for hydroxylation is 1. The summed E-state index contributed by atoms with van der Waals surface area (Å²) in [5.74, 6) is -1.50. The standard InChI is InChI=1S/C16H11ClF4N4.C6H12N2O/c1-25-15(23-8-24-25)14(13-3-2-11(17)7-22-13)9-4-10(16(19,20)21)6-12(18)5-9;7-6(9)8-5-3-1-2-4-5/h2-8,14H,1H3;5H,1-4H2,(H3,7,8,9). The molecule has 2 amide bonds. The number of primary amides is 1. The van der Waals surface area contributed by atoms with Gasteiger partial charge in [0, 0.05) is 19.3 Å². The van der Waals surface area contributed by atoms with E-state index in [9.17, 15) is 22.4 Å². The molecule has 2 heterocycles. The smallest absolute Gasteiger partial charge is 0.352 e. The van der Waals surface area contributed by atoms with E-state index in [1.165, 1.54) is 30.0 Å². The van der Waals surface area contributed by atoms with Gasteiger partial charge in [0.05, 0.1) is 22.2 Å². The van der Waals surface area contributed by atoms with Gasteiger partial charge in [-0.05, 0) is 48.7 Å². The van der Waals surface area contributed by atoms with Gasteiger partial charge in [-0.1, -0.05) is 24.4 Å². The second-order valence-corrected chi connectivity index (χ2v) is 8.27. The molecule has 1 atom stereocenters. The molecule has 12 heteroatoms. The minimum absolute atomic E-state index is 0.0678. The number of benzene rings is 1. The van der Waals surface area contributed by atoms with Crippen molar-refractivity contribution in [2.75, 3.05) is 0 Å².